The van der Waals surface area contributed by atoms with Crippen molar-refractivity contribution in [3.63, 3.8) is 0 Å². The summed E-state index contributed by atoms with van der Waals surface area (Å²) in [5.74, 6) is -0.132. The zero-order chi connectivity index (χ0) is 19.5. The quantitative estimate of drug-likeness (QED) is 0.763. The molecule has 11 heteroatoms. The number of halogens is 3. The molecule has 0 N–H and O–H groups in total. The zero-order valence-corrected chi connectivity index (χ0v) is 14.8. The van der Waals surface area contributed by atoms with Gasteiger partial charge in [-0.2, -0.15) is 4.31 Å². The number of ether oxygens (including phenoxy) is 2. The first-order chi connectivity index (χ1) is 12.7. The monoisotopic (exact) mass is 403 g/mol. The highest BCUT2D eigenvalue weighted by Gasteiger charge is 2.33. The van der Waals surface area contributed by atoms with E-state index in [-0.39, 0.29) is 17.5 Å². The van der Waals surface area contributed by atoms with Crippen molar-refractivity contribution in [1.82, 2.24) is 14.3 Å². The lowest BCUT2D eigenvalue weighted by molar-refractivity contribution is -0.274. The van der Waals surface area contributed by atoms with Crippen LogP contribution in [-0.2, 0) is 10.0 Å². The number of aromatic nitrogens is 2. The van der Waals surface area contributed by atoms with Gasteiger partial charge >= 0.3 is 6.36 Å². The van der Waals surface area contributed by atoms with Crippen LogP contribution in [0.3, 0.4) is 0 Å². The highest BCUT2D eigenvalue weighted by Crippen LogP contribution is 2.27. The van der Waals surface area contributed by atoms with Crippen LogP contribution in [0, 0.1) is 0 Å². The van der Waals surface area contributed by atoms with Gasteiger partial charge in [-0.15, -0.1) is 13.2 Å². The summed E-state index contributed by atoms with van der Waals surface area (Å²) in [5.41, 5.74) is 0. The molecule has 1 fully saturated rings. The third kappa shape index (κ3) is 5.07. The lowest BCUT2D eigenvalue weighted by Gasteiger charge is -2.31. The molecular formula is C16H16F3N3O4S. The van der Waals surface area contributed by atoms with E-state index in [0.29, 0.717) is 25.3 Å². The van der Waals surface area contributed by atoms with E-state index in [1.165, 1.54) is 16.8 Å². The van der Waals surface area contributed by atoms with Gasteiger partial charge in [0, 0.05) is 18.8 Å². The van der Waals surface area contributed by atoms with Crippen molar-refractivity contribution in [1.29, 1.82) is 0 Å². The highest BCUT2D eigenvalue weighted by atomic mass is 32.2. The van der Waals surface area contributed by atoms with Gasteiger partial charge in [-0.05, 0) is 37.1 Å². The van der Waals surface area contributed by atoms with Gasteiger partial charge in [-0.1, -0.05) is 0 Å². The molecule has 2 heterocycles. The summed E-state index contributed by atoms with van der Waals surface area (Å²) < 4.78 is 72.9. The Labute approximate surface area is 153 Å². The van der Waals surface area contributed by atoms with Gasteiger partial charge in [-0.3, -0.25) is 0 Å². The van der Waals surface area contributed by atoms with Crippen molar-refractivity contribution in [2.45, 2.75) is 30.2 Å². The minimum atomic E-state index is -4.83. The van der Waals surface area contributed by atoms with Crippen LogP contribution in [0.25, 0.3) is 0 Å². The van der Waals surface area contributed by atoms with Crippen LogP contribution in [0.1, 0.15) is 12.8 Å². The molecule has 1 aliphatic heterocycles. The number of nitrogens with zero attached hydrogens (tertiary/aromatic N) is 3. The fourth-order valence-electron chi connectivity index (χ4n) is 2.70. The second-order valence-electron chi connectivity index (χ2n) is 5.81. The van der Waals surface area contributed by atoms with Crippen molar-refractivity contribution in [2.75, 3.05) is 13.1 Å². The third-order valence-corrected chi connectivity index (χ3v) is 5.76. The van der Waals surface area contributed by atoms with Crippen LogP contribution in [0.5, 0.6) is 11.6 Å². The van der Waals surface area contributed by atoms with Gasteiger partial charge in [0.25, 0.3) is 0 Å². The second kappa shape index (κ2) is 7.69. The number of benzene rings is 1. The molecule has 0 saturated carbocycles. The molecule has 1 saturated heterocycles. The Morgan fingerprint density at radius 2 is 1.89 bits per heavy atom. The van der Waals surface area contributed by atoms with Crippen molar-refractivity contribution < 1.29 is 31.1 Å². The number of piperidine rings is 1. The molecule has 0 aliphatic carbocycles. The maximum absolute atomic E-state index is 12.8. The summed E-state index contributed by atoms with van der Waals surface area (Å²) in [4.78, 5) is 7.62. The van der Waals surface area contributed by atoms with Gasteiger partial charge in [0.15, 0.2) is 0 Å². The fourth-order valence-corrected chi connectivity index (χ4v) is 4.21. The largest absolute Gasteiger partial charge is 0.573 e. The summed E-state index contributed by atoms with van der Waals surface area (Å²) in [6, 6.07) is 5.70. The molecule has 1 aromatic heterocycles. The van der Waals surface area contributed by atoms with Crippen LogP contribution >= 0.6 is 0 Å². The Balaban J connectivity index is 1.70. The van der Waals surface area contributed by atoms with E-state index in [4.69, 9.17) is 4.74 Å². The van der Waals surface area contributed by atoms with Crippen LogP contribution in [0.15, 0.2) is 47.8 Å². The lowest BCUT2D eigenvalue weighted by Crippen LogP contribution is -2.44. The molecule has 3 rings (SSSR count). The molecule has 0 spiro atoms. The molecule has 0 bridgehead atoms. The predicted octanol–water partition coefficient (Wildman–Crippen LogP) is 2.61. The molecule has 1 aromatic carbocycles. The second-order valence-corrected chi connectivity index (χ2v) is 7.75. The van der Waals surface area contributed by atoms with Gasteiger partial charge in [0.2, 0.25) is 15.9 Å². The van der Waals surface area contributed by atoms with Crippen molar-refractivity contribution in [2.24, 2.45) is 0 Å². The molecule has 2 aromatic rings. The van der Waals surface area contributed by atoms with E-state index in [1.807, 2.05) is 0 Å². The molecule has 0 amide bonds. The minimum Gasteiger partial charge on any atom is -0.473 e. The first-order valence-corrected chi connectivity index (χ1v) is 9.47. The molecule has 146 valence electrons. The smallest absolute Gasteiger partial charge is 0.473 e. The molecule has 1 atom stereocenters. The summed E-state index contributed by atoms with van der Waals surface area (Å²) in [5, 5.41) is 0. The van der Waals surface area contributed by atoms with Crippen LogP contribution in [-0.4, -0.2) is 48.2 Å². The fraction of sp³-hybridized carbons (Fsp3) is 0.375. The Hall–Kier alpha value is -2.40. The maximum Gasteiger partial charge on any atom is 0.573 e. The Morgan fingerprint density at radius 1 is 1.15 bits per heavy atom. The Morgan fingerprint density at radius 3 is 2.52 bits per heavy atom. The van der Waals surface area contributed by atoms with Gasteiger partial charge < -0.3 is 9.47 Å². The maximum atomic E-state index is 12.8. The van der Waals surface area contributed by atoms with E-state index in [0.717, 1.165) is 24.3 Å². The minimum absolute atomic E-state index is 0.111. The number of rotatable bonds is 5. The van der Waals surface area contributed by atoms with Crippen LogP contribution in [0.4, 0.5) is 13.2 Å². The van der Waals surface area contributed by atoms with Crippen molar-refractivity contribution in [3.8, 4) is 11.6 Å². The first kappa shape index (κ1) is 19.4. The average molecular weight is 403 g/mol. The normalized spacial score (nSPS) is 18.9. The van der Waals surface area contributed by atoms with E-state index in [1.54, 1.807) is 6.07 Å². The summed E-state index contributed by atoms with van der Waals surface area (Å²) in [6.07, 6.45) is -1.12. The van der Waals surface area contributed by atoms with E-state index in [9.17, 15) is 21.6 Å². The first-order valence-electron chi connectivity index (χ1n) is 8.03. The van der Waals surface area contributed by atoms with E-state index in [2.05, 4.69) is 14.7 Å². The van der Waals surface area contributed by atoms with Crippen LogP contribution in [0.2, 0.25) is 0 Å². The number of hydrogen-bond acceptors (Lipinski definition) is 6. The van der Waals surface area contributed by atoms with Gasteiger partial charge in [0.1, 0.15) is 18.2 Å². The van der Waals surface area contributed by atoms with E-state index >= 15 is 0 Å². The Bertz CT molecular complexity index is 861. The topological polar surface area (TPSA) is 81.6 Å². The van der Waals surface area contributed by atoms with Gasteiger partial charge in [0.05, 0.1) is 11.4 Å². The summed E-state index contributed by atoms with van der Waals surface area (Å²) >= 11 is 0. The SMILES string of the molecule is O=S(=O)(c1ccc(OC(F)(F)F)cc1)N1CCCC(Oc2ccncn2)C1. The summed E-state index contributed by atoms with van der Waals surface area (Å²) in [6.45, 7) is 0.417. The van der Waals surface area contributed by atoms with Crippen molar-refractivity contribution >= 4 is 10.0 Å². The third-order valence-electron chi connectivity index (χ3n) is 3.88. The Kier molecular flexibility index (Phi) is 5.51. The number of sulfonamides is 1. The molecule has 27 heavy (non-hydrogen) atoms. The number of hydrogen-bond donors (Lipinski definition) is 0. The van der Waals surface area contributed by atoms with Crippen LogP contribution < -0.4 is 9.47 Å². The standard InChI is InChI=1S/C16H16F3N3O4S/c17-16(18,19)26-12-3-5-14(6-4-12)27(23,24)22-9-1-2-13(10-22)25-15-7-8-20-11-21-15/h3-8,11,13H,1-2,9-10H2. The molecule has 7 nitrogen and oxygen atoms in total. The molecule has 1 unspecified atom stereocenters. The average Bonchev–Trinajstić information content (AvgIpc) is 2.62. The van der Waals surface area contributed by atoms with E-state index < -0.39 is 22.1 Å². The summed E-state index contributed by atoms with van der Waals surface area (Å²) in [7, 11) is -3.86. The lowest BCUT2D eigenvalue weighted by atomic mass is 10.1. The molecular weight excluding hydrogens is 387 g/mol. The molecule has 1 aliphatic rings. The number of alkyl halides is 3. The zero-order valence-electron chi connectivity index (χ0n) is 14.0. The highest BCUT2D eigenvalue weighted by molar-refractivity contribution is 7.89. The van der Waals surface area contributed by atoms with Gasteiger partial charge in [-0.25, -0.2) is 18.4 Å². The predicted molar refractivity (Wildman–Crippen MR) is 87.6 cm³/mol. The molecule has 0 radical (unpaired) electrons. The van der Waals surface area contributed by atoms with Crippen molar-refractivity contribution in [3.05, 3.63) is 42.9 Å².